The number of halogens is 2. The predicted octanol–water partition coefficient (Wildman–Crippen LogP) is 5.81. The van der Waals surface area contributed by atoms with Gasteiger partial charge in [-0.15, -0.1) is 0 Å². The van der Waals surface area contributed by atoms with E-state index >= 15 is 0 Å². The molecule has 2 fully saturated rings. The second kappa shape index (κ2) is 9.60. The summed E-state index contributed by atoms with van der Waals surface area (Å²) in [5.41, 5.74) is 4.02. The summed E-state index contributed by atoms with van der Waals surface area (Å²) in [4.78, 5) is 18.5. The summed E-state index contributed by atoms with van der Waals surface area (Å²) in [7, 11) is 0. The van der Waals surface area contributed by atoms with Gasteiger partial charge < -0.3 is 19.9 Å². The smallest absolute Gasteiger partial charge is 0.252 e. The maximum atomic E-state index is 14.6. The minimum atomic E-state index is -0.444. The van der Waals surface area contributed by atoms with E-state index in [0.717, 1.165) is 67.2 Å². The number of rotatable bonds is 9. The van der Waals surface area contributed by atoms with Crippen LogP contribution in [0.2, 0.25) is 0 Å². The zero-order valence-electron chi connectivity index (χ0n) is 20.3. The Morgan fingerprint density at radius 2 is 2.00 bits per heavy atom. The van der Waals surface area contributed by atoms with Crippen LogP contribution in [0.4, 0.5) is 8.78 Å². The molecule has 6 rings (SSSR count). The Labute approximate surface area is 209 Å². The highest BCUT2D eigenvalue weighted by atomic mass is 19.1. The number of hydrogen-bond acceptors (Lipinski definition) is 3. The van der Waals surface area contributed by atoms with E-state index in [-0.39, 0.29) is 24.1 Å². The molecule has 36 heavy (non-hydrogen) atoms. The lowest BCUT2D eigenvalue weighted by Gasteiger charge is -2.41. The highest BCUT2D eigenvalue weighted by molar-refractivity contribution is 5.99. The molecular weight excluding hydrogens is 460 g/mol. The van der Waals surface area contributed by atoms with Crippen molar-refractivity contribution in [1.29, 1.82) is 0 Å². The van der Waals surface area contributed by atoms with Crippen LogP contribution in [0.25, 0.3) is 17.0 Å². The number of carbonyl (C=O) groups is 1. The van der Waals surface area contributed by atoms with E-state index in [1.807, 2.05) is 12.3 Å². The SMILES string of the molecule is O=C(NCC1CC1)c1ccc(F)c2c1C=C(N(CCCc1c[nH]c3ccc(F)cc13)C1CCC1)CO2. The minimum Gasteiger partial charge on any atom is -0.484 e. The topological polar surface area (TPSA) is 57.4 Å². The first-order chi connectivity index (χ1) is 17.6. The van der Waals surface area contributed by atoms with Gasteiger partial charge in [0.2, 0.25) is 0 Å². The van der Waals surface area contributed by atoms with Crippen LogP contribution in [-0.2, 0) is 6.42 Å². The number of amides is 1. The lowest BCUT2D eigenvalue weighted by molar-refractivity contribution is 0.0950. The van der Waals surface area contributed by atoms with Crippen molar-refractivity contribution in [2.45, 2.75) is 51.0 Å². The number of hydrogen-bond donors (Lipinski definition) is 2. The summed E-state index contributed by atoms with van der Waals surface area (Å²) in [5, 5.41) is 3.93. The first kappa shape index (κ1) is 23.1. The van der Waals surface area contributed by atoms with E-state index in [4.69, 9.17) is 4.74 Å². The van der Waals surface area contributed by atoms with E-state index < -0.39 is 5.82 Å². The summed E-state index contributed by atoms with van der Waals surface area (Å²) >= 11 is 0. The molecule has 1 aliphatic heterocycles. The lowest BCUT2D eigenvalue weighted by atomic mass is 9.90. The predicted molar refractivity (Wildman–Crippen MR) is 136 cm³/mol. The molecule has 0 saturated heterocycles. The van der Waals surface area contributed by atoms with E-state index in [9.17, 15) is 13.6 Å². The first-order valence-electron chi connectivity index (χ1n) is 13.0. The van der Waals surface area contributed by atoms with Crippen molar-refractivity contribution in [2.24, 2.45) is 5.92 Å². The minimum absolute atomic E-state index is 0.159. The Hall–Kier alpha value is -3.35. The number of fused-ring (bicyclic) bond motifs is 2. The zero-order valence-corrected chi connectivity index (χ0v) is 20.3. The number of ether oxygens (including phenoxy) is 1. The fourth-order valence-corrected chi connectivity index (χ4v) is 5.29. The van der Waals surface area contributed by atoms with Crippen molar-refractivity contribution in [3.8, 4) is 5.75 Å². The maximum absolute atomic E-state index is 14.6. The van der Waals surface area contributed by atoms with Gasteiger partial charge in [-0.1, -0.05) is 0 Å². The molecule has 1 aromatic heterocycles. The van der Waals surface area contributed by atoms with Gasteiger partial charge in [0, 0.05) is 41.8 Å². The zero-order chi connectivity index (χ0) is 24.6. The number of aryl methyl sites for hydroxylation is 1. The first-order valence-corrected chi connectivity index (χ1v) is 13.0. The third-order valence-electron chi connectivity index (χ3n) is 7.78. The van der Waals surface area contributed by atoms with Crippen LogP contribution in [-0.4, -0.2) is 41.5 Å². The molecule has 0 unspecified atom stereocenters. The average molecular weight is 492 g/mol. The van der Waals surface area contributed by atoms with Gasteiger partial charge in [0.1, 0.15) is 12.4 Å². The standard InChI is InChI=1S/C29H31F2N3O2/c30-20-8-11-27-24(13-20)19(16-32-27)3-2-12-34(21-4-1-5-21)22-14-25-23(29(35)33-15-18-6-7-18)9-10-26(31)28(25)36-17-22/h8-11,13-14,16,18,21,32H,1-7,12,15,17H2,(H,33,35). The van der Waals surface area contributed by atoms with E-state index in [1.165, 1.54) is 18.6 Å². The highest BCUT2D eigenvalue weighted by Gasteiger charge is 2.30. The van der Waals surface area contributed by atoms with Crippen molar-refractivity contribution >= 4 is 22.9 Å². The second-order valence-corrected chi connectivity index (χ2v) is 10.3. The Bertz CT molecular complexity index is 1320. The fraction of sp³-hybridized carbons (Fsp3) is 0.414. The van der Waals surface area contributed by atoms with Gasteiger partial charge in [-0.25, -0.2) is 8.78 Å². The third-order valence-corrected chi connectivity index (χ3v) is 7.78. The Balaban J connectivity index is 1.22. The number of aromatic nitrogens is 1. The molecule has 0 radical (unpaired) electrons. The monoisotopic (exact) mass is 491 g/mol. The van der Waals surface area contributed by atoms with Crippen LogP contribution >= 0.6 is 0 Å². The van der Waals surface area contributed by atoms with Gasteiger partial charge in [0.25, 0.3) is 5.91 Å². The molecule has 2 N–H and O–H groups in total. The Kier molecular flexibility index (Phi) is 6.15. The highest BCUT2D eigenvalue weighted by Crippen LogP contribution is 2.36. The third kappa shape index (κ3) is 4.59. The Morgan fingerprint density at radius 1 is 1.14 bits per heavy atom. The lowest BCUT2D eigenvalue weighted by Crippen LogP contribution is -2.42. The van der Waals surface area contributed by atoms with E-state index in [0.29, 0.717) is 29.6 Å². The van der Waals surface area contributed by atoms with Crippen molar-refractivity contribution in [3.63, 3.8) is 0 Å². The molecule has 2 saturated carbocycles. The molecule has 3 aromatic rings. The molecular formula is C29H31F2N3O2. The quantitative estimate of drug-likeness (QED) is 0.397. The second-order valence-electron chi connectivity index (χ2n) is 10.3. The van der Waals surface area contributed by atoms with Crippen molar-refractivity contribution in [2.75, 3.05) is 19.7 Å². The normalized spacial score (nSPS) is 17.2. The van der Waals surface area contributed by atoms with Gasteiger partial charge in [-0.2, -0.15) is 0 Å². The van der Waals surface area contributed by atoms with Crippen molar-refractivity contribution < 1.29 is 18.3 Å². The Morgan fingerprint density at radius 3 is 2.78 bits per heavy atom. The van der Waals surface area contributed by atoms with Gasteiger partial charge in [0.05, 0.1) is 11.3 Å². The van der Waals surface area contributed by atoms with Crippen LogP contribution in [0, 0.1) is 17.6 Å². The molecule has 2 aromatic carbocycles. The number of nitrogens with zero attached hydrogens (tertiary/aromatic N) is 1. The van der Waals surface area contributed by atoms with Crippen LogP contribution in [0.1, 0.15) is 60.0 Å². The molecule has 0 bridgehead atoms. The summed E-state index contributed by atoms with van der Waals surface area (Å²) < 4.78 is 34.3. The summed E-state index contributed by atoms with van der Waals surface area (Å²) in [6.45, 7) is 1.76. The number of nitrogens with one attached hydrogen (secondary N) is 2. The summed E-state index contributed by atoms with van der Waals surface area (Å²) in [6, 6.07) is 8.12. The molecule has 0 spiro atoms. The van der Waals surface area contributed by atoms with E-state index in [1.54, 1.807) is 18.2 Å². The van der Waals surface area contributed by atoms with Gasteiger partial charge >= 0.3 is 0 Å². The van der Waals surface area contributed by atoms with Crippen molar-refractivity contribution in [3.05, 3.63) is 70.6 Å². The van der Waals surface area contributed by atoms with Crippen LogP contribution < -0.4 is 10.1 Å². The number of carbonyl (C=O) groups excluding carboxylic acids is 1. The maximum Gasteiger partial charge on any atom is 0.252 e. The molecule has 7 heteroatoms. The number of benzene rings is 2. The van der Waals surface area contributed by atoms with Gasteiger partial charge in [-0.05, 0) is 92.8 Å². The fourth-order valence-electron chi connectivity index (χ4n) is 5.29. The van der Waals surface area contributed by atoms with Crippen LogP contribution in [0.5, 0.6) is 5.75 Å². The molecule has 2 aliphatic carbocycles. The largest absolute Gasteiger partial charge is 0.484 e. The average Bonchev–Trinajstić information content (AvgIpc) is 3.60. The molecule has 0 atom stereocenters. The van der Waals surface area contributed by atoms with Crippen molar-refractivity contribution in [1.82, 2.24) is 15.2 Å². The molecule has 188 valence electrons. The molecule has 2 heterocycles. The van der Waals surface area contributed by atoms with E-state index in [2.05, 4.69) is 15.2 Å². The van der Waals surface area contributed by atoms with Crippen LogP contribution in [0.3, 0.4) is 0 Å². The molecule has 1 amide bonds. The van der Waals surface area contributed by atoms with Gasteiger partial charge in [0.15, 0.2) is 11.6 Å². The number of aromatic amines is 1. The summed E-state index contributed by atoms with van der Waals surface area (Å²) in [5.74, 6) is -0.129. The number of H-pyrrole nitrogens is 1. The summed E-state index contributed by atoms with van der Waals surface area (Å²) in [6.07, 6.45) is 11.3. The van der Waals surface area contributed by atoms with Gasteiger partial charge in [-0.3, -0.25) is 4.79 Å². The molecule has 5 nitrogen and oxygen atoms in total. The molecule has 3 aliphatic rings. The van der Waals surface area contributed by atoms with Crippen LogP contribution in [0.15, 0.2) is 42.2 Å².